The number of aliphatic hydroxyl groups excluding tert-OH is 1. The number of halogens is 3. The van der Waals surface area contributed by atoms with E-state index in [-0.39, 0.29) is 0 Å². The molecule has 1 aliphatic rings. The summed E-state index contributed by atoms with van der Waals surface area (Å²) in [6.45, 7) is 0. The Bertz CT molecular complexity index is 767. The molecule has 0 spiro atoms. The standard InChI is InChI=1S/C16H13F3N2O2/c17-10-6-12(19)13(7-11(10)18)20-16(23)21-15-9-4-2-1-3-8(9)5-14(15)22/h1-4,6-7,14-15,22H,5H2,(H2,20,21,23)/t14-,15+/m1/s1. The topological polar surface area (TPSA) is 61.4 Å². The van der Waals surface area contributed by atoms with Crippen molar-refractivity contribution in [3.8, 4) is 0 Å². The maximum atomic E-state index is 13.5. The molecule has 0 heterocycles. The lowest BCUT2D eigenvalue weighted by atomic mass is 10.1. The van der Waals surface area contributed by atoms with Gasteiger partial charge in [-0.2, -0.15) is 0 Å². The van der Waals surface area contributed by atoms with Crippen LogP contribution in [0.15, 0.2) is 36.4 Å². The largest absolute Gasteiger partial charge is 0.390 e. The normalized spacial score (nSPS) is 19.3. The van der Waals surface area contributed by atoms with Crippen LogP contribution in [-0.4, -0.2) is 17.2 Å². The molecule has 3 N–H and O–H groups in total. The van der Waals surface area contributed by atoms with Gasteiger partial charge in [-0.05, 0) is 11.1 Å². The van der Waals surface area contributed by atoms with Crippen molar-refractivity contribution in [1.82, 2.24) is 5.32 Å². The van der Waals surface area contributed by atoms with E-state index in [9.17, 15) is 23.1 Å². The van der Waals surface area contributed by atoms with E-state index < -0.39 is 41.3 Å². The lowest BCUT2D eigenvalue weighted by molar-refractivity contribution is 0.144. The maximum absolute atomic E-state index is 13.5. The lowest BCUT2D eigenvalue weighted by Crippen LogP contribution is -2.37. The van der Waals surface area contributed by atoms with Crippen LogP contribution in [0.3, 0.4) is 0 Å². The van der Waals surface area contributed by atoms with Crippen LogP contribution in [0.25, 0.3) is 0 Å². The van der Waals surface area contributed by atoms with Gasteiger partial charge in [-0.15, -0.1) is 0 Å². The first kappa shape index (κ1) is 15.4. The number of aliphatic hydroxyl groups is 1. The predicted molar refractivity (Wildman–Crippen MR) is 77.4 cm³/mol. The van der Waals surface area contributed by atoms with Crippen molar-refractivity contribution in [3.05, 3.63) is 65.0 Å². The third-order valence-electron chi connectivity index (χ3n) is 3.75. The van der Waals surface area contributed by atoms with E-state index in [1.807, 2.05) is 12.1 Å². The van der Waals surface area contributed by atoms with E-state index >= 15 is 0 Å². The Morgan fingerprint density at radius 1 is 1.09 bits per heavy atom. The molecule has 2 aromatic carbocycles. The Kier molecular flexibility index (Phi) is 3.96. The number of hydrogen-bond acceptors (Lipinski definition) is 2. The Morgan fingerprint density at radius 3 is 2.57 bits per heavy atom. The molecule has 2 aromatic rings. The molecule has 2 amide bonds. The zero-order valence-electron chi connectivity index (χ0n) is 11.8. The number of urea groups is 1. The quantitative estimate of drug-likeness (QED) is 0.745. The van der Waals surface area contributed by atoms with Gasteiger partial charge in [0.25, 0.3) is 0 Å². The van der Waals surface area contributed by atoms with Crippen molar-refractivity contribution in [3.63, 3.8) is 0 Å². The van der Waals surface area contributed by atoms with Crippen LogP contribution in [0.1, 0.15) is 17.2 Å². The molecule has 2 atom stereocenters. The summed E-state index contributed by atoms with van der Waals surface area (Å²) >= 11 is 0. The number of anilines is 1. The summed E-state index contributed by atoms with van der Waals surface area (Å²) in [5.74, 6) is -3.70. The molecule has 0 aromatic heterocycles. The molecule has 23 heavy (non-hydrogen) atoms. The van der Waals surface area contributed by atoms with Crippen molar-refractivity contribution in [2.45, 2.75) is 18.6 Å². The number of nitrogens with one attached hydrogen (secondary N) is 2. The first-order chi connectivity index (χ1) is 11.0. The Hall–Kier alpha value is -2.54. The van der Waals surface area contributed by atoms with Crippen molar-refractivity contribution < 1.29 is 23.1 Å². The molecule has 0 aliphatic heterocycles. The van der Waals surface area contributed by atoms with Crippen LogP contribution in [0.4, 0.5) is 23.7 Å². The smallest absolute Gasteiger partial charge is 0.319 e. The van der Waals surface area contributed by atoms with E-state index in [4.69, 9.17) is 0 Å². The van der Waals surface area contributed by atoms with Gasteiger partial charge in [-0.3, -0.25) is 0 Å². The first-order valence-electron chi connectivity index (χ1n) is 6.93. The third-order valence-corrected chi connectivity index (χ3v) is 3.75. The minimum Gasteiger partial charge on any atom is -0.390 e. The van der Waals surface area contributed by atoms with Gasteiger partial charge in [-0.1, -0.05) is 24.3 Å². The van der Waals surface area contributed by atoms with Gasteiger partial charge < -0.3 is 15.7 Å². The van der Waals surface area contributed by atoms with Gasteiger partial charge in [0, 0.05) is 18.6 Å². The summed E-state index contributed by atoms with van der Waals surface area (Å²) in [5.41, 5.74) is 1.19. The number of hydrogen-bond donors (Lipinski definition) is 3. The highest BCUT2D eigenvalue weighted by molar-refractivity contribution is 5.89. The van der Waals surface area contributed by atoms with Gasteiger partial charge >= 0.3 is 6.03 Å². The highest BCUT2D eigenvalue weighted by Crippen LogP contribution is 2.31. The van der Waals surface area contributed by atoms with Crippen LogP contribution in [-0.2, 0) is 6.42 Å². The van der Waals surface area contributed by atoms with Crippen LogP contribution in [0, 0.1) is 17.5 Å². The lowest BCUT2D eigenvalue weighted by Gasteiger charge is -2.18. The molecule has 0 bridgehead atoms. The highest BCUT2D eigenvalue weighted by atomic mass is 19.2. The van der Waals surface area contributed by atoms with Crippen LogP contribution >= 0.6 is 0 Å². The minimum atomic E-state index is -1.34. The van der Waals surface area contributed by atoms with Crippen LogP contribution in [0.5, 0.6) is 0 Å². The van der Waals surface area contributed by atoms with E-state index in [1.54, 1.807) is 12.1 Å². The van der Waals surface area contributed by atoms with Crippen molar-refractivity contribution in [2.24, 2.45) is 0 Å². The average Bonchev–Trinajstić information content (AvgIpc) is 2.81. The Labute approximate surface area is 129 Å². The average molecular weight is 322 g/mol. The number of benzene rings is 2. The number of fused-ring (bicyclic) bond motifs is 1. The summed E-state index contributed by atoms with van der Waals surface area (Å²) in [6.07, 6.45) is -0.423. The molecule has 0 fully saturated rings. The number of amides is 2. The van der Waals surface area contributed by atoms with E-state index in [0.717, 1.165) is 11.1 Å². The molecule has 0 radical (unpaired) electrons. The molecule has 0 saturated carbocycles. The fourth-order valence-corrected chi connectivity index (χ4v) is 2.67. The molecule has 120 valence electrons. The van der Waals surface area contributed by atoms with Crippen molar-refractivity contribution in [2.75, 3.05) is 5.32 Å². The van der Waals surface area contributed by atoms with Crippen LogP contribution in [0.2, 0.25) is 0 Å². The SMILES string of the molecule is O=C(Nc1cc(F)c(F)cc1F)N[C@H]1c2ccccc2C[C@H]1O. The molecular weight excluding hydrogens is 309 g/mol. The summed E-state index contributed by atoms with van der Waals surface area (Å²) in [4.78, 5) is 12.0. The summed E-state index contributed by atoms with van der Waals surface area (Å²) in [5, 5.41) is 14.7. The maximum Gasteiger partial charge on any atom is 0.319 e. The second kappa shape index (κ2) is 5.92. The predicted octanol–water partition coefficient (Wildman–Crippen LogP) is 2.88. The number of carbonyl (C=O) groups is 1. The molecule has 1 aliphatic carbocycles. The molecule has 7 heteroatoms. The number of rotatable bonds is 2. The fraction of sp³-hybridized carbons (Fsp3) is 0.188. The first-order valence-corrected chi connectivity index (χ1v) is 6.93. The molecular formula is C16H13F3N2O2. The van der Waals surface area contributed by atoms with Gasteiger partial charge in [-0.25, -0.2) is 18.0 Å². The zero-order valence-corrected chi connectivity index (χ0v) is 11.8. The van der Waals surface area contributed by atoms with Gasteiger partial charge in [0.15, 0.2) is 11.6 Å². The van der Waals surface area contributed by atoms with E-state index in [1.165, 1.54) is 0 Å². The van der Waals surface area contributed by atoms with Crippen molar-refractivity contribution >= 4 is 11.7 Å². The Morgan fingerprint density at radius 2 is 1.78 bits per heavy atom. The second-order valence-corrected chi connectivity index (χ2v) is 5.29. The van der Waals surface area contributed by atoms with E-state index in [0.29, 0.717) is 18.6 Å². The van der Waals surface area contributed by atoms with Crippen LogP contribution < -0.4 is 10.6 Å². The monoisotopic (exact) mass is 322 g/mol. The zero-order chi connectivity index (χ0) is 16.6. The molecule has 0 unspecified atom stereocenters. The fourth-order valence-electron chi connectivity index (χ4n) is 2.67. The third kappa shape index (κ3) is 3.00. The number of carbonyl (C=O) groups excluding carboxylic acids is 1. The summed E-state index contributed by atoms with van der Waals surface area (Å²) in [7, 11) is 0. The minimum absolute atomic E-state index is 0.352. The second-order valence-electron chi connectivity index (χ2n) is 5.29. The highest BCUT2D eigenvalue weighted by Gasteiger charge is 2.32. The van der Waals surface area contributed by atoms with Gasteiger partial charge in [0.05, 0.1) is 17.8 Å². The molecule has 3 rings (SSSR count). The van der Waals surface area contributed by atoms with Gasteiger partial charge in [0.2, 0.25) is 0 Å². The van der Waals surface area contributed by atoms with Crippen molar-refractivity contribution in [1.29, 1.82) is 0 Å². The summed E-state index contributed by atoms with van der Waals surface area (Å²) in [6, 6.07) is 6.65. The van der Waals surface area contributed by atoms with Gasteiger partial charge in [0.1, 0.15) is 5.82 Å². The Balaban J connectivity index is 1.74. The van der Waals surface area contributed by atoms with E-state index in [2.05, 4.69) is 10.6 Å². The molecule has 4 nitrogen and oxygen atoms in total. The molecule has 0 saturated heterocycles. The summed E-state index contributed by atoms with van der Waals surface area (Å²) < 4.78 is 39.5.